The number of aliphatic hydroxyl groups excluding tert-OH is 2. The van der Waals surface area contributed by atoms with Crippen LogP contribution in [0.4, 0.5) is 0 Å². The van der Waals surface area contributed by atoms with Gasteiger partial charge in [0.1, 0.15) is 12.2 Å². The molecule has 0 bridgehead atoms. The molecule has 2 saturated heterocycles. The molecule has 7 atom stereocenters. The van der Waals surface area contributed by atoms with Gasteiger partial charge in [0.2, 0.25) is 0 Å². The van der Waals surface area contributed by atoms with Crippen molar-refractivity contribution in [3.05, 3.63) is 0 Å². The number of epoxide rings is 2. The van der Waals surface area contributed by atoms with Crippen molar-refractivity contribution in [1.82, 2.24) is 0 Å². The smallest absolute Gasteiger partial charge is 0.113 e. The summed E-state index contributed by atoms with van der Waals surface area (Å²) >= 11 is 0. The van der Waals surface area contributed by atoms with Gasteiger partial charge in [-0.25, -0.2) is 0 Å². The van der Waals surface area contributed by atoms with E-state index in [4.69, 9.17) is 9.47 Å². The van der Waals surface area contributed by atoms with E-state index in [1.54, 1.807) is 0 Å². The van der Waals surface area contributed by atoms with Crippen molar-refractivity contribution in [2.24, 2.45) is 11.8 Å². The van der Waals surface area contributed by atoms with Gasteiger partial charge in [-0.1, -0.05) is 13.8 Å². The van der Waals surface area contributed by atoms with Crippen LogP contribution in [-0.2, 0) is 9.47 Å². The van der Waals surface area contributed by atoms with Crippen molar-refractivity contribution in [2.45, 2.75) is 82.6 Å². The molecule has 3 aliphatic rings. The molecular formula is C15H26O4. The first-order valence-corrected chi connectivity index (χ1v) is 7.49. The van der Waals surface area contributed by atoms with E-state index < -0.39 is 12.2 Å². The van der Waals surface area contributed by atoms with Crippen molar-refractivity contribution in [1.29, 1.82) is 0 Å². The summed E-state index contributed by atoms with van der Waals surface area (Å²) in [6, 6.07) is 0. The SMILES string of the molecule is CC(C)C1CC[C@]2(C)O[C@H]2C(O)C[C@]2(C)O[C@H]2[C@@H]1O. The quantitative estimate of drug-likeness (QED) is 0.708. The number of aliphatic hydroxyl groups is 2. The molecular weight excluding hydrogens is 244 g/mol. The van der Waals surface area contributed by atoms with Crippen molar-refractivity contribution in [3.8, 4) is 0 Å². The van der Waals surface area contributed by atoms with Gasteiger partial charge in [0, 0.05) is 6.42 Å². The van der Waals surface area contributed by atoms with Crippen LogP contribution in [0.2, 0.25) is 0 Å². The van der Waals surface area contributed by atoms with Crippen LogP contribution >= 0.6 is 0 Å². The molecule has 3 fully saturated rings. The lowest BCUT2D eigenvalue weighted by Gasteiger charge is -2.28. The molecule has 2 heterocycles. The van der Waals surface area contributed by atoms with Gasteiger partial charge < -0.3 is 19.7 Å². The van der Waals surface area contributed by atoms with E-state index in [0.717, 1.165) is 12.8 Å². The van der Waals surface area contributed by atoms with Crippen LogP contribution in [0.5, 0.6) is 0 Å². The van der Waals surface area contributed by atoms with E-state index in [9.17, 15) is 10.2 Å². The molecule has 0 radical (unpaired) electrons. The van der Waals surface area contributed by atoms with Crippen LogP contribution in [0.25, 0.3) is 0 Å². The molecule has 0 aromatic carbocycles. The predicted octanol–water partition coefficient (Wildman–Crippen LogP) is 1.48. The molecule has 4 nitrogen and oxygen atoms in total. The molecule has 110 valence electrons. The molecule has 0 amide bonds. The molecule has 4 heteroatoms. The number of rotatable bonds is 1. The van der Waals surface area contributed by atoms with E-state index in [0.29, 0.717) is 12.3 Å². The Balaban J connectivity index is 1.81. The summed E-state index contributed by atoms with van der Waals surface area (Å²) in [6.45, 7) is 8.37. The fourth-order valence-electron chi connectivity index (χ4n) is 3.89. The zero-order chi connectivity index (χ0) is 14.0. The van der Waals surface area contributed by atoms with Crippen molar-refractivity contribution in [2.75, 3.05) is 0 Å². The molecule has 1 saturated carbocycles. The first-order valence-electron chi connectivity index (χ1n) is 7.49. The molecule has 0 aromatic rings. The lowest BCUT2D eigenvalue weighted by atomic mass is 9.78. The maximum absolute atomic E-state index is 10.6. The topological polar surface area (TPSA) is 65.5 Å². The fraction of sp³-hybridized carbons (Fsp3) is 1.00. The van der Waals surface area contributed by atoms with Crippen LogP contribution in [-0.4, -0.2) is 45.8 Å². The van der Waals surface area contributed by atoms with Crippen molar-refractivity contribution >= 4 is 0 Å². The highest BCUT2D eigenvalue weighted by atomic mass is 16.6. The lowest BCUT2D eigenvalue weighted by molar-refractivity contribution is 0.0459. The highest BCUT2D eigenvalue weighted by Crippen LogP contribution is 2.52. The second-order valence-electron chi connectivity index (χ2n) is 7.41. The van der Waals surface area contributed by atoms with Gasteiger partial charge in [-0.2, -0.15) is 0 Å². The molecule has 0 aromatic heterocycles. The number of hydrogen-bond donors (Lipinski definition) is 2. The van der Waals surface area contributed by atoms with E-state index in [-0.39, 0.29) is 29.3 Å². The number of ether oxygens (including phenoxy) is 2. The van der Waals surface area contributed by atoms with E-state index in [1.807, 2.05) is 6.92 Å². The van der Waals surface area contributed by atoms with Crippen molar-refractivity contribution in [3.63, 3.8) is 0 Å². The summed E-state index contributed by atoms with van der Waals surface area (Å²) in [5, 5.41) is 20.8. The van der Waals surface area contributed by atoms with Gasteiger partial charge in [0.25, 0.3) is 0 Å². The zero-order valence-corrected chi connectivity index (χ0v) is 12.3. The minimum absolute atomic E-state index is 0.0581. The highest BCUT2D eigenvalue weighted by molar-refractivity contribution is 5.12. The Kier molecular flexibility index (Phi) is 3.03. The number of hydrogen-bond acceptors (Lipinski definition) is 4. The fourth-order valence-corrected chi connectivity index (χ4v) is 3.89. The van der Waals surface area contributed by atoms with Gasteiger partial charge in [-0.15, -0.1) is 0 Å². The molecule has 2 aliphatic heterocycles. The Hall–Kier alpha value is -0.160. The third-order valence-corrected chi connectivity index (χ3v) is 5.42. The highest BCUT2D eigenvalue weighted by Gasteiger charge is 2.64. The predicted molar refractivity (Wildman–Crippen MR) is 70.7 cm³/mol. The van der Waals surface area contributed by atoms with Crippen molar-refractivity contribution < 1.29 is 19.7 Å². The van der Waals surface area contributed by atoms with Gasteiger partial charge in [-0.05, 0) is 38.5 Å². The second kappa shape index (κ2) is 4.17. The first kappa shape index (κ1) is 13.8. The Morgan fingerprint density at radius 3 is 2.32 bits per heavy atom. The van der Waals surface area contributed by atoms with Crippen LogP contribution in [0.3, 0.4) is 0 Å². The molecule has 0 spiro atoms. The van der Waals surface area contributed by atoms with Crippen LogP contribution in [0, 0.1) is 11.8 Å². The first-order chi connectivity index (χ1) is 8.77. The average molecular weight is 270 g/mol. The van der Waals surface area contributed by atoms with E-state index in [1.165, 1.54) is 0 Å². The summed E-state index contributed by atoms with van der Waals surface area (Å²) in [4.78, 5) is 0. The lowest BCUT2D eigenvalue weighted by Crippen LogP contribution is -2.38. The van der Waals surface area contributed by atoms with Gasteiger partial charge in [0.05, 0.1) is 23.4 Å². The van der Waals surface area contributed by atoms with Gasteiger partial charge in [-0.3, -0.25) is 0 Å². The Morgan fingerprint density at radius 2 is 1.68 bits per heavy atom. The maximum Gasteiger partial charge on any atom is 0.113 e. The van der Waals surface area contributed by atoms with Gasteiger partial charge in [0.15, 0.2) is 0 Å². The summed E-state index contributed by atoms with van der Waals surface area (Å²) < 4.78 is 11.5. The molecule has 3 rings (SSSR count). The van der Waals surface area contributed by atoms with E-state index >= 15 is 0 Å². The Morgan fingerprint density at radius 1 is 1.05 bits per heavy atom. The third-order valence-electron chi connectivity index (χ3n) is 5.42. The zero-order valence-electron chi connectivity index (χ0n) is 12.3. The standard InChI is InChI=1S/C15H26O4/c1-8(2)9-5-6-14(3)12(18-14)10(16)7-15(4)13(19-15)11(9)17/h8-13,16-17H,5-7H2,1-4H3/t9?,10?,11-,12+,13+,14+,15+/m1/s1. The summed E-state index contributed by atoms with van der Waals surface area (Å²) in [5.41, 5.74) is -0.583. The molecule has 19 heavy (non-hydrogen) atoms. The maximum atomic E-state index is 10.6. The largest absolute Gasteiger partial charge is 0.390 e. The Bertz CT molecular complexity index is 371. The minimum Gasteiger partial charge on any atom is -0.390 e. The summed E-state index contributed by atoms with van der Waals surface area (Å²) in [7, 11) is 0. The third kappa shape index (κ3) is 2.23. The minimum atomic E-state index is -0.484. The summed E-state index contributed by atoms with van der Waals surface area (Å²) in [6.07, 6.45) is 1.28. The number of fused-ring (bicyclic) bond motifs is 2. The second-order valence-corrected chi connectivity index (χ2v) is 7.41. The monoisotopic (exact) mass is 270 g/mol. The van der Waals surface area contributed by atoms with Crippen LogP contribution in [0.1, 0.15) is 47.0 Å². The summed E-state index contributed by atoms with van der Waals surface area (Å²) in [5.74, 6) is 0.664. The molecule has 2 unspecified atom stereocenters. The molecule has 2 N–H and O–H groups in total. The molecule has 1 aliphatic carbocycles. The average Bonchev–Trinajstić information content (AvgIpc) is 3.14. The Labute approximate surface area is 115 Å². The normalized spacial score (nSPS) is 57.3. The van der Waals surface area contributed by atoms with Crippen LogP contribution < -0.4 is 0 Å². The van der Waals surface area contributed by atoms with Gasteiger partial charge >= 0.3 is 0 Å². The van der Waals surface area contributed by atoms with Crippen LogP contribution in [0.15, 0.2) is 0 Å². The van der Waals surface area contributed by atoms with E-state index in [2.05, 4.69) is 20.8 Å².